The smallest absolute Gasteiger partial charge is 0.0547 e. The van der Waals surface area contributed by atoms with Gasteiger partial charge >= 0.3 is 0 Å². The molecule has 0 N–H and O–H groups in total. The highest BCUT2D eigenvalue weighted by Crippen LogP contribution is 2.45. The summed E-state index contributed by atoms with van der Waals surface area (Å²) in [4.78, 5) is 2.52. The monoisotopic (exact) mass is 640 g/mol. The highest BCUT2D eigenvalue weighted by Gasteiger charge is 2.24. The largest absolute Gasteiger partial charge is 0.313 e. The standard InChI is InChI=1S/C48H36N2/c1-4-18-35(19-5-1)40-26-10-13-30-44(40)50(45-31-14-11-27-41(45)36-20-6-2-7-21-36)39-25-16-22-37(34-39)42-29-17-33-47-48(42)43-28-12-15-32-46(43)49(47)38-23-8-3-9-24-38/h1-13,15-30,32-34H,14,31H2. The summed E-state index contributed by atoms with van der Waals surface area (Å²) in [5.74, 6) is 0. The van der Waals surface area contributed by atoms with Crippen LogP contribution < -0.4 is 4.90 Å². The molecule has 0 bridgehead atoms. The van der Waals surface area contributed by atoms with Crippen molar-refractivity contribution >= 4 is 38.8 Å². The Labute approximate surface area is 293 Å². The van der Waals surface area contributed by atoms with Crippen molar-refractivity contribution in [2.24, 2.45) is 0 Å². The molecule has 1 aliphatic rings. The lowest BCUT2D eigenvalue weighted by atomic mass is 9.93. The van der Waals surface area contributed by atoms with E-state index in [4.69, 9.17) is 0 Å². The lowest BCUT2D eigenvalue weighted by molar-refractivity contribution is 0.924. The number of fused-ring (bicyclic) bond motifs is 3. The summed E-state index contributed by atoms with van der Waals surface area (Å²) >= 11 is 0. The third-order valence-electron chi connectivity index (χ3n) is 9.86. The molecule has 8 aromatic rings. The van der Waals surface area contributed by atoms with E-state index in [-0.39, 0.29) is 0 Å². The first kappa shape index (κ1) is 29.7. The van der Waals surface area contributed by atoms with Gasteiger partial charge in [0, 0.05) is 39.0 Å². The van der Waals surface area contributed by atoms with Crippen LogP contribution in [0.4, 0.5) is 11.4 Å². The first-order valence-electron chi connectivity index (χ1n) is 17.4. The quantitative estimate of drug-likeness (QED) is 0.168. The molecule has 9 rings (SSSR count). The van der Waals surface area contributed by atoms with Crippen molar-refractivity contribution in [3.63, 3.8) is 0 Å². The van der Waals surface area contributed by atoms with Gasteiger partial charge in [0.15, 0.2) is 0 Å². The lowest BCUT2D eigenvalue weighted by Gasteiger charge is -2.33. The van der Waals surface area contributed by atoms with Gasteiger partial charge in [0.05, 0.1) is 16.7 Å². The van der Waals surface area contributed by atoms with E-state index in [1.807, 2.05) is 0 Å². The van der Waals surface area contributed by atoms with Gasteiger partial charge in [0.2, 0.25) is 0 Å². The maximum absolute atomic E-state index is 2.52. The molecule has 0 unspecified atom stereocenters. The lowest BCUT2D eigenvalue weighted by Crippen LogP contribution is -2.20. The fourth-order valence-corrected chi connectivity index (χ4v) is 7.66. The zero-order valence-electron chi connectivity index (χ0n) is 27.8. The Kier molecular flexibility index (Phi) is 7.68. The van der Waals surface area contributed by atoms with Crippen LogP contribution in [0.3, 0.4) is 0 Å². The van der Waals surface area contributed by atoms with Crippen LogP contribution in [0.5, 0.6) is 0 Å². The zero-order chi connectivity index (χ0) is 33.3. The first-order chi connectivity index (χ1) is 24.8. The van der Waals surface area contributed by atoms with Crippen molar-refractivity contribution in [2.75, 3.05) is 4.90 Å². The van der Waals surface area contributed by atoms with E-state index >= 15 is 0 Å². The molecule has 2 heteroatoms. The molecule has 0 saturated carbocycles. The minimum Gasteiger partial charge on any atom is -0.313 e. The van der Waals surface area contributed by atoms with Gasteiger partial charge in [-0.25, -0.2) is 0 Å². The van der Waals surface area contributed by atoms with Gasteiger partial charge in [-0.05, 0) is 77.6 Å². The van der Waals surface area contributed by atoms with Gasteiger partial charge in [-0.2, -0.15) is 0 Å². The van der Waals surface area contributed by atoms with Crippen LogP contribution in [0, 0.1) is 0 Å². The van der Waals surface area contributed by atoms with Gasteiger partial charge in [-0.3, -0.25) is 0 Å². The minimum absolute atomic E-state index is 0.939. The van der Waals surface area contributed by atoms with E-state index in [9.17, 15) is 0 Å². The second-order valence-electron chi connectivity index (χ2n) is 12.8. The third kappa shape index (κ3) is 5.23. The molecule has 0 amide bonds. The summed E-state index contributed by atoms with van der Waals surface area (Å²) in [7, 11) is 0. The average molecular weight is 641 g/mol. The van der Waals surface area contributed by atoms with Crippen molar-refractivity contribution in [1.82, 2.24) is 4.57 Å². The summed E-state index contributed by atoms with van der Waals surface area (Å²) in [5.41, 5.74) is 14.5. The van der Waals surface area contributed by atoms with Gasteiger partial charge in [0.1, 0.15) is 0 Å². The summed E-state index contributed by atoms with van der Waals surface area (Å²) in [6.07, 6.45) is 6.56. The highest BCUT2D eigenvalue weighted by molar-refractivity contribution is 6.16. The molecule has 7 aromatic carbocycles. The van der Waals surface area contributed by atoms with E-state index in [0.717, 1.165) is 18.5 Å². The molecule has 1 aliphatic carbocycles. The Morgan fingerprint density at radius 1 is 0.480 bits per heavy atom. The number of allylic oxidation sites excluding steroid dienone is 4. The summed E-state index contributed by atoms with van der Waals surface area (Å²) in [6, 6.07) is 65.8. The molecule has 0 atom stereocenters. The van der Waals surface area contributed by atoms with Crippen LogP contribution >= 0.6 is 0 Å². The molecule has 1 heterocycles. The maximum Gasteiger partial charge on any atom is 0.0547 e. The maximum atomic E-state index is 2.52. The number of hydrogen-bond donors (Lipinski definition) is 0. The molecule has 0 aliphatic heterocycles. The molecule has 0 spiro atoms. The fraction of sp³-hybridized carbons (Fsp3) is 0.0417. The van der Waals surface area contributed by atoms with E-state index < -0.39 is 0 Å². The average Bonchev–Trinajstić information content (AvgIpc) is 3.54. The van der Waals surface area contributed by atoms with Crippen LogP contribution in [0.1, 0.15) is 18.4 Å². The summed E-state index contributed by atoms with van der Waals surface area (Å²) in [5, 5.41) is 2.52. The van der Waals surface area contributed by atoms with Crippen LogP contribution in [-0.2, 0) is 0 Å². The Hall–Kier alpha value is -6.38. The normalized spacial score (nSPS) is 12.9. The van der Waals surface area contributed by atoms with Gasteiger partial charge in [-0.1, -0.05) is 152 Å². The molecule has 0 saturated heterocycles. The predicted molar refractivity (Wildman–Crippen MR) is 212 cm³/mol. The number of benzene rings is 7. The Morgan fingerprint density at radius 3 is 1.92 bits per heavy atom. The Balaban J connectivity index is 1.29. The fourth-order valence-electron chi connectivity index (χ4n) is 7.66. The third-order valence-corrected chi connectivity index (χ3v) is 9.86. The highest BCUT2D eigenvalue weighted by atomic mass is 15.2. The van der Waals surface area contributed by atoms with Gasteiger partial charge in [0.25, 0.3) is 0 Å². The summed E-state index contributed by atoms with van der Waals surface area (Å²) in [6.45, 7) is 0. The predicted octanol–water partition coefficient (Wildman–Crippen LogP) is 13.0. The van der Waals surface area contributed by atoms with Crippen LogP contribution in [0.25, 0.3) is 55.3 Å². The van der Waals surface area contributed by atoms with Crippen LogP contribution in [0.15, 0.2) is 200 Å². The molecule has 0 fully saturated rings. The zero-order valence-corrected chi connectivity index (χ0v) is 27.8. The molecule has 0 radical (unpaired) electrons. The molecule has 50 heavy (non-hydrogen) atoms. The van der Waals surface area contributed by atoms with Crippen LogP contribution in [0.2, 0.25) is 0 Å². The van der Waals surface area contributed by atoms with Crippen molar-refractivity contribution in [3.8, 4) is 27.9 Å². The van der Waals surface area contributed by atoms with Crippen molar-refractivity contribution in [3.05, 3.63) is 205 Å². The van der Waals surface area contributed by atoms with Gasteiger partial charge in [-0.15, -0.1) is 0 Å². The molecule has 1 aromatic heterocycles. The molecular weight excluding hydrogens is 605 g/mol. The second kappa shape index (κ2) is 12.9. The van der Waals surface area contributed by atoms with Crippen molar-refractivity contribution in [1.29, 1.82) is 0 Å². The van der Waals surface area contributed by atoms with E-state index in [1.165, 1.54) is 72.3 Å². The number of anilines is 2. The molecule has 2 nitrogen and oxygen atoms in total. The van der Waals surface area contributed by atoms with Crippen molar-refractivity contribution < 1.29 is 0 Å². The van der Waals surface area contributed by atoms with Gasteiger partial charge < -0.3 is 9.47 Å². The topological polar surface area (TPSA) is 8.17 Å². The SMILES string of the molecule is C1=CC(c2ccccc2)=C(N(c2cccc(-c3cccc4c3c3ccccc3n4-c3ccccc3)c2)c2ccccc2-c2ccccc2)CC1. The second-order valence-corrected chi connectivity index (χ2v) is 12.8. The molecule has 238 valence electrons. The number of hydrogen-bond acceptors (Lipinski definition) is 1. The number of aromatic nitrogens is 1. The summed E-state index contributed by atoms with van der Waals surface area (Å²) < 4.78 is 2.39. The van der Waals surface area contributed by atoms with Crippen LogP contribution in [-0.4, -0.2) is 4.57 Å². The Morgan fingerprint density at radius 2 is 1.10 bits per heavy atom. The Bertz CT molecular complexity index is 2520. The van der Waals surface area contributed by atoms with Crippen molar-refractivity contribution in [2.45, 2.75) is 12.8 Å². The number of nitrogens with zero attached hydrogens (tertiary/aromatic N) is 2. The van der Waals surface area contributed by atoms with E-state index in [2.05, 4.69) is 204 Å². The molecular formula is C48H36N2. The van der Waals surface area contributed by atoms with E-state index in [1.54, 1.807) is 0 Å². The number of para-hydroxylation sites is 3. The first-order valence-corrected chi connectivity index (χ1v) is 17.4. The number of rotatable bonds is 7. The van der Waals surface area contributed by atoms with E-state index in [0.29, 0.717) is 0 Å². The minimum atomic E-state index is 0.939.